The van der Waals surface area contributed by atoms with Crippen LogP contribution in [0.1, 0.15) is 31.9 Å². The number of hydrogen-bond acceptors (Lipinski definition) is 4. The summed E-state index contributed by atoms with van der Waals surface area (Å²) in [6.45, 7) is 5.43. The molecule has 0 amide bonds. The molecule has 17 heavy (non-hydrogen) atoms. The van der Waals surface area contributed by atoms with Gasteiger partial charge in [0.25, 0.3) is 0 Å². The lowest BCUT2D eigenvalue weighted by molar-refractivity contribution is 0.599. The molecule has 2 N–H and O–H groups in total. The molecule has 1 aliphatic rings. The summed E-state index contributed by atoms with van der Waals surface area (Å²) in [4.78, 5) is 0. The molecule has 96 valence electrons. The lowest BCUT2D eigenvalue weighted by atomic mass is 10.1. The van der Waals surface area contributed by atoms with Gasteiger partial charge in [-0.15, -0.1) is 0 Å². The molecule has 0 aromatic carbocycles. The second kappa shape index (κ2) is 6.16. The zero-order valence-electron chi connectivity index (χ0n) is 10.5. The number of rotatable bonds is 4. The van der Waals surface area contributed by atoms with E-state index in [2.05, 4.69) is 25.1 Å². The Balaban J connectivity index is 2.04. The van der Waals surface area contributed by atoms with E-state index in [9.17, 15) is 0 Å². The molecule has 5 heteroatoms. The van der Waals surface area contributed by atoms with Crippen LogP contribution < -0.4 is 5.73 Å². The highest BCUT2D eigenvalue weighted by Crippen LogP contribution is 2.37. The predicted octanol–water partition coefficient (Wildman–Crippen LogP) is 2.53. The van der Waals surface area contributed by atoms with Crippen LogP contribution in [0.3, 0.4) is 0 Å². The molecule has 0 spiro atoms. The first-order valence-corrected chi connectivity index (χ1v) is 8.33. The maximum Gasteiger partial charge on any atom is 0.0537 e. The molecular formula is C12H21N3S2. The number of aryl methyl sites for hydroxylation is 1. The highest BCUT2D eigenvalue weighted by Gasteiger charge is 2.29. The third kappa shape index (κ3) is 3.20. The minimum atomic E-state index is 0.119. The van der Waals surface area contributed by atoms with Crippen molar-refractivity contribution >= 4 is 23.5 Å². The Hall–Kier alpha value is -0.130. The van der Waals surface area contributed by atoms with Gasteiger partial charge in [-0.2, -0.15) is 28.6 Å². The summed E-state index contributed by atoms with van der Waals surface area (Å²) < 4.78 is 2.00. The zero-order valence-corrected chi connectivity index (χ0v) is 12.1. The normalized spacial score (nSPS) is 27.0. The van der Waals surface area contributed by atoms with Crippen molar-refractivity contribution < 1.29 is 0 Å². The lowest BCUT2D eigenvalue weighted by Crippen LogP contribution is -2.34. The Morgan fingerprint density at radius 3 is 3.00 bits per heavy atom. The van der Waals surface area contributed by atoms with E-state index in [0.717, 1.165) is 13.0 Å². The standard InChI is InChI=1S/C12H21N3S2/c1-3-4-15-8-10(7-14-15)11(13)12-9(2)16-5-6-17-12/h7-9,11-12H,3-6,13H2,1-2H3. The van der Waals surface area contributed by atoms with Crippen molar-refractivity contribution in [2.75, 3.05) is 11.5 Å². The molecule has 0 saturated carbocycles. The first-order valence-electron chi connectivity index (χ1n) is 6.23. The third-order valence-corrected chi connectivity index (χ3v) is 6.30. The molecule has 1 fully saturated rings. The minimum absolute atomic E-state index is 0.119. The summed E-state index contributed by atoms with van der Waals surface area (Å²) in [5.74, 6) is 2.47. The summed E-state index contributed by atoms with van der Waals surface area (Å²) in [7, 11) is 0. The Morgan fingerprint density at radius 1 is 1.53 bits per heavy atom. The molecule has 0 aliphatic carbocycles. The first kappa shape index (κ1) is 13.3. The van der Waals surface area contributed by atoms with Crippen molar-refractivity contribution in [1.29, 1.82) is 0 Å². The van der Waals surface area contributed by atoms with Crippen molar-refractivity contribution in [2.45, 2.75) is 43.4 Å². The van der Waals surface area contributed by atoms with E-state index >= 15 is 0 Å². The fourth-order valence-corrected chi connectivity index (χ4v) is 5.02. The number of aromatic nitrogens is 2. The fourth-order valence-electron chi connectivity index (χ4n) is 2.14. The average molecular weight is 271 g/mol. The van der Waals surface area contributed by atoms with Crippen LogP contribution in [0.25, 0.3) is 0 Å². The van der Waals surface area contributed by atoms with Gasteiger partial charge in [0.2, 0.25) is 0 Å². The van der Waals surface area contributed by atoms with Crippen molar-refractivity contribution in [1.82, 2.24) is 9.78 Å². The number of nitrogens with zero attached hydrogens (tertiary/aromatic N) is 2. The van der Waals surface area contributed by atoms with Gasteiger partial charge in [0.05, 0.1) is 6.20 Å². The van der Waals surface area contributed by atoms with Gasteiger partial charge in [-0.3, -0.25) is 4.68 Å². The Kier molecular flexibility index (Phi) is 4.82. The maximum absolute atomic E-state index is 6.38. The zero-order chi connectivity index (χ0) is 12.3. The largest absolute Gasteiger partial charge is 0.323 e. The van der Waals surface area contributed by atoms with Crippen LogP contribution in [-0.2, 0) is 6.54 Å². The average Bonchev–Trinajstić information content (AvgIpc) is 2.78. The van der Waals surface area contributed by atoms with E-state index in [1.165, 1.54) is 17.1 Å². The van der Waals surface area contributed by atoms with E-state index in [1.54, 1.807) is 0 Å². The predicted molar refractivity (Wildman–Crippen MR) is 77.6 cm³/mol. The van der Waals surface area contributed by atoms with Gasteiger partial charge in [-0.1, -0.05) is 13.8 Å². The maximum atomic E-state index is 6.38. The number of hydrogen-bond donors (Lipinski definition) is 1. The Labute approximate surface area is 112 Å². The van der Waals surface area contributed by atoms with Crippen molar-refractivity contribution in [3.63, 3.8) is 0 Å². The van der Waals surface area contributed by atoms with E-state index in [4.69, 9.17) is 5.73 Å². The first-order chi connectivity index (χ1) is 8.22. The van der Waals surface area contributed by atoms with Gasteiger partial charge in [0, 0.05) is 46.4 Å². The highest BCUT2D eigenvalue weighted by molar-refractivity contribution is 8.07. The van der Waals surface area contributed by atoms with Gasteiger partial charge >= 0.3 is 0 Å². The number of thioether (sulfide) groups is 2. The molecule has 0 bridgehead atoms. The molecular weight excluding hydrogens is 250 g/mol. The monoisotopic (exact) mass is 271 g/mol. The topological polar surface area (TPSA) is 43.8 Å². The van der Waals surface area contributed by atoms with Crippen LogP contribution in [0.5, 0.6) is 0 Å². The van der Waals surface area contributed by atoms with E-state index in [-0.39, 0.29) is 6.04 Å². The van der Waals surface area contributed by atoms with E-state index < -0.39 is 0 Å². The molecule has 1 aromatic heterocycles. The van der Waals surface area contributed by atoms with Gasteiger partial charge in [-0.25, -0.2) is 0 Å². The lowest BCUT2D eigenvalue weighted by Gasteiger charge is -2.31. The van der Waals surface area contributed by atoms with E-state index in [1.807, 2.05) is 34.4 Å². The molecule has 1 aromatic rings. The smallest absolute Gasteiger partial charge is 0.0537 e. The molecule has 2 rings (SSSR count). The van der Waals surface area contributed by atoms with Crippen LogP contribution in [0.4, 0.5) is 0 Å². The van der Waals surface area contributed by atoms with Crippen LogP contribution in [-0.4, -0.2) is 31.8 Å². The summed E-state index contributed by atoms with van der Waals surface area (Å²) in [6, 6.07) is 0.119. The van der Waals surface area contributed by atoms with Gasteiger partial charge in [0.1, 0.15) is 0 Å². The Bertz CT molecular complexity index is 353. The van der Waals surface area contributed by atoms with Crippen LogP contribution in [0.2, 0.25) is 0 Å². The third-order valence-electron chi connectivity index (χ3n) is 3.08. The van der Waals surface area contributed by atoms with Gasteiger partial charge in [0.15, 0.2) is 0 Å². The van der Waals surface area contributed by atoms with E-state index in [0.29, 0.717) is 10.5 Å². The molecule has 1 saturated heterocycles. The number of nitrogens with two attached hydrogens (primary N) is 1. The fraction of sp³-hybridized carbons (Fsp3) is 0.750. The van der Waals surface area contributed by atoms with Gasteiger partial charge < -0.3 is 5.73 Å². The summed E-state index contributed by atoms with van der Waals surface area (Å²) in [5, 5.41) is 5.53. The highest BCUT2D eigenvalue weighted by atomic mass is 32.2. The van der Waals surface area contributed by atoms with Crippen molar-refractivity contribution in [2.24, 2.45) is 5.73 Å². The van der Waals surface area contributed by atoms with Crippen molar-refractivity contribution in [3.05, 3.63) is 18.0 Å². The second-order valence-electron chi connectivity index (χ2n) is 4.47. The summed E-state index contributed by atoms with van der Waals surface area (Å²) >= 11 is 4.05. The van der Waals surface area contributed by atoms with Gasteiger partial charge in [-0.05, 0) is 6.42 Å². The van der Waals surface area contributed by atoms with Crippen LogP contribution >= 0.6 is 23.5 Å². The quantitative estimate of drug-likeness (QED) is 0.914. The molecule has 0 radical (unpaired) electrons. The minimum Gasteiger partial charge on any atom is -0.323 e. The second-order valence-corrected chi connectivity index (χ2v) is 7.24. The molecule has 2 heterocycles. The molecule has 1 aliphatic heterocycles. The Morgan fingerprint density at radius 2 is 2.29 bits per heavy atom. The SMILES string of the molecule is CCCn1cc(C(N)C2SCCSC2C)cn1. The summed E-state index contributed by atoms with van der Waals surface area (Å²) in [5.41, 5.74) is 7.57. The molecule has 3 unspecified atom stereocenters. The molecule has 3 atom stereocenters. The van der Waals surface area contributed by atoms with Crippen LogP contribution in [0.15, 0.2) is 12.4 Å². The molecule has 3 nitrogen and oxygen atoms in total. The van der Waals surface area contributed by atoms with Crippen LogP contribution in [0, 0.1) is 0 Å². The van der Waals surface area contributed by atoms with Crippen molar-refractivity contribution in [3.8, 4) is 0 Å². The summed E-state index contributed by atoms with van der Waals surface area (Å²) in [6.07, 6.45) is 5.16.